The molecule has 1 amide bonds. The molecule has 1 aromatic heterocycles. The molecule has 7 nitrogen and oxygen atoms in total. The van der Waals surface area contributed by atoms with Gasteiger partial charge in [0.05, 0.1) is 6.26 Å². The van der Waals surface area contributed by atoms with Crippen molar-refractivity contribution in [3.05, 3.63) is 52.4 Å². The first-order valence-electron chi connectivity index (χ1n) is 9.51. The number of sulfonamides is 1. The SMILES string of the molecule is CCN(C1CCN(C(=O)c2ccc(COc3ccc(Br)cc3)o2)CC1)S(C)(=O)=O. The molecule has 0 saturated carbocycles. The lowest BCUT2D eigenvalue weighted by atomic mass is 10.0. The quantitative estimate of drug-likeness (QED) is 0.600. The summed E-state index contributed by atoms with van der Waals surface area (Å²) in [4.78, 5) is 14.4. The highest BCUT2D eigenvalue weighted by atomic mass is 79.9. The second kappa shape index (κ2) is 9.32. The van der Waals surface area contributed by atoms with E-state index in [1.165, 1.54) is 10.6 Å². The van der Waals surface area contributed by atoms with Crippen molar-refractivity contribution >= 4 is 31.9 Å². The highest BCUT2D eigenvalue weighted by Crippen LogP contribution is 2.22. The summed E-state index contributed by atoms with van der Waals surface area (Å²) in [5.74, 6) is 1.38. The number of carbonyl (C=O) groups is 1. The summed E-state index contributed by atoms with van der Waals surface area (Å²) in [5, 5.41) is 0. The summed E-state index contributed by atoms with van der Waals surface area (Å²) in [6.45, 7) is 3.51. The molecule has 1 aromatic carbocycles. The Bertz CT molecular complexity index is 934. The maximum absolute atomic E-state index is 12.7. The maximum atomic E-state index is 12.7. The summed E-state index contributed by atoms with van der Waals surface area (Å²) in [5.41, 5.74) is 0. The molecular weight excluding hydrogens is 460 g/mol. The normalized spacial score (nSPS) is 15.7. The number of piperidine rings is 1. The monoisotopic (exact) mass is 484 g/mol. The third-order valence-electron chi connectivity index (χ3n) is 4.96. The molecular formula is C20H25BrN2O5S. The molecule has 3 rings (SSSR count). The lowest BCUT2D eigenvalue weighted by Gasteiger charge is -2.36. The van der Waals surface area contributed by atoms with Gasteiger partial charge in [0.1, 0.15) is 18.1 Å². The van der Waals surface area contributed by atoms with Crippen molar-refractivity contribution in [1.29, 1.82) is 0 Å². The van der Waals surface area contributed by atoms with Gasteiger partial charge in [0.15, 0.2) is 5.76 Å². The van der Waals surface area contributed by atoms with E-state index in [-0.39, 0.29) is 24.3 Å². The molecule has 158 valence electrons. The molecule has 0 radical (unpaired) electrons. The van der Waals surface area contributed by atoms with E-state index < -0.39 is 10.0 Å². The van der Waals surface area contributed by atoms with Gasteiger partial charge in [-0.05, 0) is 49.2 Å². The minimum absolute atomic E-state index is 0.0643. The molecule has 2 aromatic rings. The van der Waals surface area contributed by atoms with E-state index in [1.54, 1.807) is 17.0 Å². The van der Waals surface area contributed by atoms with Crippen LogP contribution in [0.1, 0.15) is 36.1 Å². The van der Waals surface area contributed by atoms with Gasteiger partial charge in [-0.25, -0.2) is 8.42 Å². The summed E-state index contributed by atoms with van der Waals surface area (Å²) in [7, 11) is -3.24. The van der Waals surface area contributed by atoms with Crippen LogP contribution in [0.25, 0.3) is 0 Å². The highest BCUT2D eigenvalue weighted by Gasteiger charge is 2.31. The van der Waals surface area contributed by atoms with Crippen molar-refractivity contribution in [3.63, 3.8) is 0 Å². The smallest absolute Gasteiger partial charge is 0.289 e. The maximum Gasteiger partial charge on any atom is 0.289 e. The van der Waals surface area contributed by atoms with E-state index in [0.717, 1.165) is 4.47 Å². The van der Waals surface area contributed by atoms with Crippen LogP contribution in [0.15, 0.2) is 45.3 Å². The lowest BCUT2D eigenvalue weighted by Crippen LogP contribution is -2.48. The number of hydrogen-bond acceptors (Lipinski definition) is 5. The van der Waals surface area contributed by atoms with E-state index in [1.807, 2.05) is 31.2 Å². The first kappa shape index (κ1) is 21.9. The predicted molar refractivity (Wildman–Crippen MR) is 113 cm³/mol. The largest absolute Gasteiger partial charge is 0.486 e. The van der Waals surface area contributed by atoms with Crippen molar-refractivity contribution in [3.8, 4) is 5.75 Å². The topological polar surface area (TPSA) is 80.1 Å². The lowest BCUT2D eigenvalue weighted by molar-refractivity contribution is 0.0645. The minimum atomic E-state index is -3.24. The van der Waals surface area contributed by atoms with Crippen molar-refractivity contribution in [2.24, 2.45) is 0 Å². The van der Waals surface area contributed by atoms with E-state index >= 15 is 0 Å². The van der Waals surface area contributed by atoms with Gasteiger partial charge in [-0.2, -0.15) is 4.31 Å². The minimum Gasteiger partial charge on any atom is -0.486 e. The van der Waals surface area contributed by atoms with Crippen LogP contribution in [-0.2, 0) is 16.6 Å². The Hall–Kier alpha value is -1.84. The van der Waals surface area contributed by atoms with Crippen molar-refractivity contribution in [1.82, 2.24) is 9.21 Å². The molecule has 0 spiro atoms. The van der Waals surface area contributed by atoms with Crippen LogP contribution >= 0.6 is 15.9 Å². The third kappa shape index (κ3) is 5.61. The first-order chi connectivity index (χ1) is 13.8. The summed E-state index contributed by atoms with van der Waals surface area (Å²) in [6, 6.07) is 10.8. The number of hydrogen-bond donors (Lipinski definition) is 0. The highest BCUT2D eigenvalue weighted by molar-refractivity contribution is 9.10. The molecule has 0 N–H and O–H groups in total. The van der Waals surface area contributed by atoms with Gasteiger partial charge in [0, 0.05) is 30.1 Å². The van der Waals surface area contributed by atoms with Gasteiger partial charge >= 0.3 is 0 Å². The Kier molecular flexibility index (Phi) is 7.02. The fraction of sp³-hybridized carbons (Fsp3) is 0.450. The molecule has 9 heteroatoms. The van der Waals surface area contributed by atoms with E-state index in [0.29, 0.717) is 44.0 Å². The summed E-state index contributed by atoms with van der Waals surface area (Å²) >= 11 is 3.38. The molecule has 1 aliphatic rings. The molecule has 1 fully saturated rings. The molecule has 29 heavy (non-hydrogen) atoms. The number of amides is 1. The zero-order valence-corrected chi connectivity index (χ0v) is 18.9. The average molecular weight is 485 g/mol. The number of likely N-dealkylation sites (tertiary alicyclic amines) is 1. The number of ether oxygens (including phenoxy) is 1. The molecule has 2 heterocycles. The van der Waals surface area contributed by atoms with Crippen LogP contribution in [0.4, 0.5) is 0 Å². The van der Waals surface area contributed by atoms with Gasteiger partial charge < -0.3 is 14.1 Å². The number of rotatable bonds is 7. The number of halogens is 1. The predicted octanol–water partition coefficient (Wildman–Crippen LogP) is 3.51. The standard InChI is InChI=1S/C20H25BrN2O5S/c1-3-23(29(2,25)26)16-10-12-22(13-11-16)20(24)19-9-8-18(28-19)14-27-17-6-4-15(21)5-7-17/h4-9,16H,3,10-14H2,1-2H3. The Labute approximate surface area is 179 Å². The second-order valence-electron chi connectivity index (χ2n) is 7.00. The molecule has 0 bridgehead atoms. The molecule has 1 aliphatic heterocycles. The number of nitrogens with zero attached hydrogens (tertiary/aromatic N) is 2. The zero-order valence-electron chi connectivity index (χ0n) is 16.5. The van der Waals surface area contributed by atoms with Crippen molar-refractivity contribution in [2.75, 3.05) is 25.9 Å². The molecule has 0 unspecified atom stereocenters. The van der Waals surface area contributed by atoms with E-state index in [2.05, 4.69) is 15.9 Å². The van der Waals surface area contributed by atoms with Gasteiger partial charge in [-0.15, -0.1) is 0 Å². The molecule has 0 aliphatic carbocycles. The van der Waals surface area contributed by atoms with Crippen LogP contribution in [0, 0.1) is 0 Å². The van der Waals surface area contributed by atoms with Gasteiger partial charge in [0.2, 0.25) is 10.0 Å². The van der Waals surface area contributed by atoms with Crippen molar-refractivity contribution < 1.29 is 22.4 Å². The van der Waals surface area contributed by atoms with Crippen LogP contribution in [0.2, 0.25) is 0 Å². The van der Waals surface area contributed by atoms with Gasteiger partial charge in [0.25, 0.3) is 5.91 Å². The van der Waals surface area contributed by atoms with Crippen LogP contribution in [0.5, 0.6) is 5.75 Å². The van der Waals surface area contributed by atoms with E-state index in [4.69, 9.17) is 9.15 Å². The second-order valence-corrected chi connectivity index (χ2v) is 9.85. The third-order valence-corrected chi connectivity index (χ3v) is 6.90. The summed E-state index contributed by atoms with van der Waals surface area (Å²) in [6.07, 6.45) is 2.47. The zero-order chi connectivity index (χ0) is 21.0. The Morgan fingerprint density at radius 2 is 1.86 bits per heavy atom. The first-order valence-corrected chi connectivity index (χ1v) is 12.1. The van der Waals surface area contributed by atoms with Crippen LogP contribution in [0.3, 0.4) is 0 Å². The molecule has 0 atom stereocenters. The Morgan fingerprint density at radius 3 is 2.45 bits per heavy atom. The van der Waals surface area contributed by atoms with Gasteiger partial charge in [-0.3, -0.25) is 4.79 Å². The van der Waals surface area contributed by atoms with Crippen molar-refractivity contribution in [2.45, 2.75) is 32.4 Å². The van der Waals surface area contributed by atoms with Crippen LogP contribution < -0.4 is 4.74 Å². The van der Waals surface area contributed by atoms with E-state index in [9.17, 15) is 13.2 Å². The Balaban J connectivity index is 1.54. The number of carbonyl (C=O) groups excluding carboxylic acids is 1. The number of furan rings is 1. The fourth-order valence-corrected chi connectivity index (χ4v) is 5.02. The Morgan fingerprint density at radius 1 is 1.21 bits per heavy atom. The average Bonchev–Trinajstić information content (AvgIpc) is 3.16. The van der Waals surface area contributed by atoms with Gasteiger partial charge in [-0.1, -0.05) is 22.9 Å². The summed E-state index contributed by atoms with van der Waals surface area (Å²) < 4.78 is 37.6. The molecule has 1 saturated heterocycles. The number of benzene rings is 1. The van der Waals surface area contributed by atoms with Crippen LogP contribution in [-0.4, -0.2) is 55.5 Å². The fourth-order valence-electron chi connectivity index (χ4n) is 3.53.